The van der Waals surface area contributed by atoms with Gasteiger partial charge >= 0.3 is 0 Å². The van der Waals surface area contributed by atoms with Crippen molar-refractivity contribution in [3.8, 4) is 0 Å². The fourth-order valence-electron chi connectivity index (χ4n) is 2.23. The van der Waals surface area contributed by atoms with Crippen LogP contribution in [0.1, 0.15) is 0 Å². The molecule has 0 radical (unpaired) electrons. The number of likely N-dealkylation sites (N-methyl/N-ethyl adjacent to an activating group) is 1. The highest BCUT2D eigenvalue weighted by molar-refractivity contribution is 5.92. The van der Waals surface area contributed by atoms with Gasteiger partial charge in [-0.3, -0.25) is 14.5 Å². The molecule has 0 unspecified atom stereocenters. The number of rotatable bonds is 5. The quantitative estimate of drug-likeness (QED) is 0.865. The third-order valence-corrected chi connectivity index (χ3v) is 3.39. The molecule has 1 fully saturated rings. The summed E-state index contributed by atoms with van der Waals surface area (Å²) in [6.45, 7) is 2.12. The molecular formula is C15H19F2N3O3. The lowest BCUT2D eigenvalue weighted by atomic mass is 10.3. The van der Waals surface area contributed by atoms with E-state index < -0.39 is 17.5 Å². The number of halogens is 2. The maximum Gasteiger partial charge on any atom is 0.238 e. The van der Waals surface area contributed by atoms with Gasteiger partial charge in [0.25, 0.3) is 0 Å². The fourth-order valence-corrected chi connectivity index (χ4v) is 2.23. The molecule has 0 spiro atoms. The van der Waals surface area contributed by atoms with Crippen LogP contribution in [-0.4, -0.2) is 68.1 Å². The Labute approximate surface area is 133 Å². The second-order valence-electron chi connectivity index (χ2n) is 5.34. The summed E-state index contributed by atoms with van der Waals surface area (Å²) < 4.78 is 31.4. The molecule has 1 aromatic carbocycles. The van der Waals surface area contributed by atoms with Gasteiger partial charge in [0.05, 0.1) is 32.0 Å². The first kappa shape index (κ1) is 17.3. The van der Waals surface area contributed by atoms with Crippen molar-refractivity contribution >= 4 is 17.5 Å². The van der Waals surface area contributed by atoms with Crippen molar-refractivity contribution in [2.75, 3.05) is 51.8 Å². The molecule has 0 saturated carbocycles. The van der Waals surface area contributed by atoms with Gasteiger partial charge in [0.1, 0.15) is 11.6 Å². The predicted octanol–water partition coefficient (Wildman–Crippen LogP) is 0.694. The van der Waals surface area contributed by atoms with E-state index >= 15 is 0 Å². The summed E-state index contributed by atoms with van der Waals surface area (Å²) in [5.41, 5.74) is -0.0932. The van der Waals surface area contributed by atoms with Gasteiger partial charge in [-0.05, 0) is 19.2 Å². The zero-order chi connectivity index (χ0) is 16.8. The van der Waals surface area contributed by atoms with Crippen LogP contribution in [0.15, 0.2) is 18.2 Å². The number of anilines is 1. The first-order valence-corrected chi connectivity index (χ1v) is 7.24. The number of morpholine rings is 1. The topological polar surface area (TPSA) is 61.9 Å². The van der Waals surface area contributed by atoms with E-state index in [0.717, 1.165) is 12.1 Å². The van der Waals surface area contributed by atoms with Crippen molar-refractivity contribution in [3.05, 3.63) is 29.8 Å². The zero-order valence-electron chi connectivity index (χ0n) is 12.8. The third kappa shape index (κ3) is 5.26. The van der Waals surface area contributed by atoms with E-state index in [1.165, 1.54) is 4.90 Å². The molecule has 2 amide bonds. The van der Waals surface area contributed by atoms with Gasteiger partial charge in [-0.15, -0.1) is 0 Å². The second kappa shape index (κ2) is 7.98. The van der Waals surface area contributed by atoms with E-state index in [0.29, 0.717) is 32.4 Å². The van der Waals surface area contributed by atoms with Crippen LogP contribution in [-0.2, 0) is 14.3 Å². The average molecular weight is 327 g/mol. The van der Waals surface area contributed by atoms with Crippen molar-refractivity contribution in [2.45, 2.75) is 0 Å². The Balaban J connectivity index is 1.81. The van der Waals surface area contributed by atoms with Crippen LogP contribution in [0.4, 0.5) is 14.5 Å². The molecule has 2 rings (SSSR count). The maximum atomic E-state index is 13.5. The Morgan fingerprint density at radius 2 is 1.96 bits per heavy atom. The van der Waals surface area contributed by atoms with Crippen LogP contribution in [0.5, 0.6) is 0 Å². The van der Waals surface area contributed by atoms with Crippen molar-refractivity contribution in [3.63, 3.8) is 0 Å². The van der Waals surface area contributed by atoms with Crippen LogP contribution < -0.4 is 5.32 Å². The van der Waals surface area contributed by atoms with Crippen LogP contribution in [0.25, 0.3) is 0 Å². The van der Waals surface area contributed by atoms with Crippen molar-refractivity contribution < 1.29 is 23.1 Å². The highest BCUT2D eigenvalue weighted by Crippen LogP contribution is 2.14. The van der Waals surface area contributed by atoms with Crippen LogP contribution >= 0.6 is 0 Å². The van der Waals surface area contributed by atoms with Gasteiger partial charge in [0, 0.05) is 19.2 Å². The lowest BCUT2D eigenvalue weighted by molar-refractivity contribution is -0.136. The first-order chi connectivity index (χ1) is 11.0. The summed E-state index contributed by atoms with van der Waals surface area (Å²) in [4.78, 5) is 27.1. The third-order valence-electron chi connectivity index (χ3n) is 3.39. The molecule has 23 heavy (non-hydrogen) atoms. The van der Waals surface area contributed by atoms with Gasteiger partial charge in [-0.1, -0.05) is 0 Å². The highest BCUT2D eigenvalue weighted by Gasteiger charge is 2.19. The van der Waals surface area contributed by atoms with Crippen LogP contribution in [0.3, 0.4) is 0 Å². The molecule has 1 aromatic rings. The molecule has 0 atom stereocenters. The Hall–Kier alpha value is -2.06. The molecule has 1 saturated heterocycles. The highest BCUT2D eigenvalue weighted by atomic mass is 19.1. The van der Waals surface area contributed by atoms with Gasteiger partial charge in [-0.2, -0.15) is 0 Å². The molecule has 0 bridgehead atoms. The normalized spacial score (nSPS) is 14.9. The summed E-state index contributed by atoms with van der Waals surface area (Å²) in [5, 5.41) is 2.35. The van der Waals surface area contributed by atoms with E-state index in [1.54, 1.807) is 11.9 Å². The summed E-state index contributed by atoms with van der Waals surface area (Å²) in [6.07, 6.45) is 0. The number of carbonyl (C=O) groups is 2. The zero-order valence-corrected chi connectivity index (χ0v) is 12.8. The van der Waals surface area contributed by atoms with Crippen LogP contribution in [0.2, 0.25) is 0 Å². The van der Waals surface area contributed by atoms with E-state index in [1.807, 2.05) is 0 Å². The summed E-state index contributed by atoms with van der Waals surface area (Å²) in [6, 6.07) is 2.91. The molecule has 1 aliphatic heterocycles. The van der Waals surface area contributed by atoms with E-state index in [-0.39, 0.29) is 24.7 Å². The van der Waals surface area contributed by atoms with Gasteiger partial charge in [0.2, 0.25) is 11.8 Å². The molecular weight excluding hydrogens is 308 g/mol. The van der Waals surface area contributed by atoms with Crippen LogP contribution in [0, 0.1) is 11.6 Å². The molecule has 8 heteroatoms. The van der Waals surface area contributed by atoms with E-state index in [4.69, 9.17) is 4.74 Å². The Morgan fingerprint density at radius 3 is 2.61 bits per heavy atom. The molecule has 6 nitrogen and oxygen atoms in total. The summed E-state index contributed by atoms with van der Waals surface area (Å²) >= 11 is 0. The maximum absolute atomic E-state index is 13.5. The lowest BCUT2D eigenvalue weighted by Gasteiger charge is -2.28. The standard InChI is InChI=1S/C15H19F2N3O3/c1-19(10-15(22)20-4-6-23-7-5-20)9-14(21)18-13-3-2-11(16)8-12(13)17/h2-3,8H,4-7,9-10H2,1H3,(H,18,21). The Bertz CT molecular complexity index is 577. The molecule has 0 aromatic heterocycles. The monoisotopic (exact) mass is 327 g/mol. The number of amides is 2. The first-order valence-electron chi connectivity index (χ1n) is 7.24. The average Bonchev–Trinajstić information content (AvgIpc) is 2.50. The fraction of sp³-hybridized carbons (Fsp3) is 0.467. The van der Waals surface area contributed by atoms with Crippen molar-refractivity contribution in [2.24, 2.45) is 0 Å². The van der Waals surface area contributed by atoms with Crippen molar-refractivity contribution in [1.29, 1.82) is 0 Å². The van der Waals surface area contributed by atoms with Gasteiger partial charge in [0.15, 0.2) is 0 Å². The number of hydrogen-bond acceptors (Lipinski definition) is 4. The number of carbonyl (C=O) groups excluding carboxylic acids is 2. The summed E-state index contributed by atoms with van der Waals surface area (Å²) in [5.74, 6) is -2.12. The minimum absolute atomic E-state index is 0.0765. The number of ether oxygens (including phenoxy) is 1. The molecule has 126 valence electrons. The second-order valence-corrected chi connectivity index (χ2v) is 5.34. The number of hydrogen-bond donors (Lipinski definition) is 1. The summed E-state index contributed by atoms with van der Waals surface area (Å²) in [7, 11) is 1.62. The lowest BCUT2D eigenvalue weighted by Crippen LogP contribution is -2.46. The molecule has 1 heterocycles. The minimum atomic E-state index is -0.842. The molecule has 1 aliphatic rings. The smallest absolute Gasteiger partial charge is 0.238 e. The van der Waals surface area contributed by atoms with Crippen molar-refractivity contribution in [1.82, 2.24) is 9.80 Å². The largest absolute Gasteiger partial charge is 0.378 e. The Kier molecular flexibility index (Phi) is 6.00. The van der Waals surface area contributed by atoms with Gasteiger partial charge < -0.3 is 15.0 Å². The molecule has 0 aliphatic carbocycles. The number of nitrogens with one attached hydrogen (secondary N) is 1. The molecule has 1 N–H and O–H groups in total. The van der Waals surface area contributed by atoms with E-state index in [2.05, 4.69) is 5.32 Å². The minimum Gasteiger partial charge on any atom is -0.378 e. The van der Waals surface area contributed by atoms with Gasteiger partial charge in [-0.25, -0.2) is 8.78 Å². The van der Waals surface area contributed by atoms with E-state index in [9.17, 15) is 18.4 Å². The number of benzene rings is 1. The number of nitrogens with zero attached hydrogens (tertiary/aromatic N) is 2. The predicted molar refractivity (Wildman–Crippen MR) is 79.9 cm³/mol. The Morgan fingerprint density at radius 1 is 1.26 bits per heavy atom. The SMILES string of the molecule is CN(CC(=O)Nc1ccc(F)cc1F)CC(=O)N1CCOCC1.